The van der Waals surface area contributed by atoms with Crippen molar-refractivity contribution in [2.75, 3.05) is 6.54 Å². The zero-order valence-electron chi connectivity index (χ0n) is 13.0. The van der Waals surface area contributed by atoms with Crippen LogP contribution in [0.4, 0.5) is 0 Å². The first kappa shape index (κ1) is 17.0. The second-order valence-corrected chi connectivity index (χ2v) is 7.41. The Labute approximate surface area is 132 Å². The first-order valence-corrected chi connectivity index (χ1v) is 9.37. The van der Waals surface area contributed by atoms with E-state index in [0.29, 0.717) is 24.3 Å². The number of rotatable bonds is 7. The number of benzene rings is 1. The molecule has 2 rings (SSSR count). The maximum absolute atomic E-state index is 12.3. The van der Waals surface area contributed by atoms with Gasteiger partial charge in [-0.25, -0.2) is 13.1 Å². The van der Waals surface area contributed by atoms with Crippen molar-refractivity contribution in [2.45, 2.75) is 56.4 Å². The SMILES string of the molecule is CCC(=O)NCCc1ccc(S(=O)(=O)NC2CCCC2)cc1. The molecular formula is C16H24N2O3S. The molecule has 1 fully saturated rings. The van der Waals surface area contributed by atoms with Gasteiger partial charge in [-0.3, -0.25) is 4.79 Å². The van der Waals surface area contributed by atoms with Gasteiger partial charge in [-0.15, -0.1) is 0 Å². The van der Waals surface area contributed by atoms with E-state index in [-0.39, 0.29) is 11.9 Å². The summed E-state index contributed by atoms with van der Waals surface area (Å²) in [6, 6.07) is 6.96. The fraction of sp³-hybridized carbons (Fsp3) is 0.562. The van der Waals surface area contributed by atoms with E-state index in [1.165, 1.54) is 0 Å². The van der Waals surface area contributed by atoms with Crippen molar-refractivity contribution in [1.29, 1.82) is 0 Å². The van der Waals surface area contributed by atoms with E-state index >= 15 is 0 Å². The summed E-state index contributed by atoms with van der Waals surface area (Å²) in [5.74, 6) is 0.0277. The van der Waals surface area contributed by atoms with Gasteiger partial charge in [-0.2, -0.15) is 0 Å². The molecule has 0 bridgehead atoms. The van der Waals surface area contributed by atoms with Crippen LogP contribution in [0.2, 0.25) is 0 Å². The Morgan fingerprint density at radius 3 is 2.41 bits per heavy atom. The molecule has 0 aliphatic heterocycles. The lowest BCUT2D eigenvalue weighted by Gasteiger charge is -2.13. The molecule has 2 N–H and O–H groups in total. The Kier molecular flexibility index (Phi) is 5.97. The van der Waals surface area contributed by atoms with Crippen molar-refractivity contribution in [3.63, 3.8) is 0 Å². The van der Waals surface area contributed by atoms with Crippen LogP contribution < -0.4 is 10.0 Å². The van der Waals surface area contributed by atoms with Crippen molar-refractivity contribution >= 4 is 15.9 Å². The molecule has 1 aliphatic carbocycles. The molecule has 5 nitrogen and oxygen atoms in total. The maximum Gasteiger partial charge on any atom is 0.240 e. The summed E-state index contributed by atoms with van der Waals surface area (Å²) in [7, 11) is -3.42. The first-order chi connectivity index (χ1) is 10.5. The maximum atomic E-state index is 12.3. The van der Waals surface area contributed by atoms with Crippen molar-refractivity contribution in [1.82, 2.24) is 10.0 Å². The van der Waals surface area contributed by atoms with Crippen LogP contribution in [0.3, 0.4) is 0 Å². The quantitative estimate of drug-likeness (QED) is 0.805. The minimum atomic E-state index is -3.42. The van der Waals surface area contributed by atoms with E-state index in [2.05, 4.69) is 10.0 Å². The number of carbonyl (C=O) groups excluding carboxylic acids is 1. The Hall–Kier alpha value is -1.40. The second-order valence-electron chi connectivity index (χ2n) is 5.70. The number of hydrogen-bond acceptors (Lipinski definition) is 3. The molecule has 0 spiro atoms. The van der Waals surface area contributed by atoms with Gasteiger partial charge in [-0.05, 0) is 37.0 Å². The van der Waals surface area contributed by atoms with Gasteiger partial charge < -0.3 is 5.32 Å². The third-order valence-corrected chi connectivity index (χ3v) is 5.50. The highest BCUT2D eigenvalue weighted by molar-refractivity contribution is 7.89. The molecule has 122 valence electrons. The summed E-state index contributed by atoms with van der Waals surface area (Å²) in [4.78, 5) is 11.5. The first-order valence-electron chi connectivity index (χ1n) is 7.89. The molecule has 1 amide bonds. The summed E-state index contributed by atoms with van der Waals surface area (Å²) in [6.45, 7) is 2.38. The molecule has 0 atom stereocenters. The number of nitrogens with one attached hydrogen (secondary N) is 2. The second kappa shape index (κ2) is 7.74. The lowest BCUT2D eigenvalue weighted by molar-refractivity contribution is -0.120. The highest BCUT2D eigenvalue weighted by atomic mass is 32.2. The highest BCUT2D eigenvalue weighted by Gasteiger charge is 2.22. The number of sulfonamides is 1. The normalized spacial score (nSPS) is 15.9. The van der Waals surface area contributed by atoms with Crippen LogP contribution in [-0.4, -0.2) is 26.9 Å². The summed E-state index contributed by atoms with van der Waals surface area (Å²) < 4.78 is 27.3. The Morgan fingerprint density at radius 2 is 1.82 bits per heavy atom. The minimum Gasteiger partial charge on any atom is -0.356 e. The lowest BCUT2D eigenvalue weighted by Crippen LogP contribution is -2.32. The van der Waals surface area contributed by atoms with E-state index in [0.717, 1.165) is 31.2 Å². The van der Waals surface area contributed by atoms with Gasteiger partial charge in [0.25, 0.3) is 0 Å². The summed E-state index contributed by atoms with van der Waals surface area (Å²) >= 11 is 0. The standard InChI is InChI=1S/C16H24N2O3S/c1-2-16(19)17-12-11-13-7-9-15(10-8-13)22(20,21)18-14-5-3-4-6-14/h7-10,14,18H,2-6,11-12H2,1H3,(H,17,19). The van der Waals surface area contributed by atoms with E-state index in [9.17, 15) is 13.2 Å². The van der Waals surface area contributed by atoms with Gasteiger partial charge >= 0.3 is 0 Å². The van der Waals surface area contributed by atoms with Crippen LogP contribution >= 0.6 is 0 Å². The van der Waals surface area contributed by atoms with Gasteiger partial charge in [-0.1, -0.05) is 31.9 Å². The molecule has 1 aromatic carbocycles. The zero-order chi connectivity index (χ0) is 16.0. The van der Waals surface area contributed by atoms with Crippen molar-refractivity contribution < 1.29 is 13.2 Å². The Morgan fingerprint density at radius 1 is 1.18 bits per heavy atom. The highest BCUT2D eigenvalue weighted by Crippen LogP contribution is 2.20. The predicted molar refractivity (Wildman–Crippen MR) is 86.0 cm³/mol. The molecule has 0 heterocycles. The summed E-state index contributed by atoms with van der Waals surface area (Å²) in [5, 5.41) is 2.80. The van der Waals surface area contributed by atoms with E-state index in [1.54, 1.807) is 24.3 Å². The monoisotopic (exact) mass is 324 g/mol. The van der Waals surface area contributed by atoms with Crippen LogP contribution in [0, 0.1) is 0 Å². The smallest absolute Gasteiger partial charge is 0.240 e. The van der Waals surface area contributed by atoms with E-state index in [1.807, 2.05) is 6.92 Å². The largest absolute Gasteiger partial charge is 0.356 e. The fourth-order valence-corrected chi connectivity index (χ4v) is 3.94. The molecule has 22 heavy (non-hydrogen) atoms. The topological polar surface area (TPSA) is 75.3 Å². The van der Waals surface area contributed by atoms with Gasteiger partial charge in [0, 0.05) is 19.0 Å². The summed E-state index contributed by atoms with van der Waals surface area (Å²) in [6.07, 6.45) is 5.21. The molecular weight excluding hydrogens is 300 g/mol. The van der Waals surface area contributed by atoms with Gasteiger partial charge in [0.1, 0.15) is 0 Å². The predicted octanol–water partition coefficient (Wildman–Crippen LogP) is 1.98. The molecule has 0 aromatic heterocycles. The number of hydrogen-bond donors (Lipinski definition) is 2. The molecule has 0 unspecified atom stereocenters. The van der Waals surface area contributed by atoms with Crippen LogP contribution in [0.25, 0.3) is 0 Å². The molecule has 1 aliphatic rings. The van der Waals surface area contributed by atoms with Crippen molar-refractivity contribution in [3.8, 4) is 0 Å². The van der Waals surface area contributed by atoms with Gasteiger partial charge in [0.2, 0.25) is 15.9 Å². The minimum absolute atomic E-state index is 0.0277. The Bertz CT molecular complexity index is 590. The molecule has 6 heteroatoms. The van der Waals surface area contributed by atoms with Crippen molar-refractivity contribution in [2.24, 2.45) is 0 Å². The third kappa shape index (κ3) is 4.81. The average Bonchev–Trinajstić information content (AvgIpc) is 2.99. The van der Waals surface area contributed by atoms with Gasteiger partial charge in [0.05, 0.1) is 4.90 Å². The van der Waals surface area contributed by atoms with E-state index < -0.39 is 10.0 Å². The zero-order valence-corrected chi connectivity index (χ0v) is 13.8. The van der Waals surface area contributed by atoms with Crippen LogP contribution in [0.5, 0.6) is 0 Å². The fourth-order valence-electron chi connectivity index (χ4n) is 2.64. The van der Waals surface area contributed by atoms with Gasteiger partial charge in [0.15, 0.2) is 0 Å². The molecule has 1 saturated carbocycles. The van der Waals surface area contributed by atoms with Crippen LogP contribution in [0.15, 0.2) is 29.2 Å². The van der Waals surface area contributed by atoms with Crippen LogP contribution in [0.1, 0.15) is 44.6 Å². The molecule has 0 radical (unpaired) electrons. The third-order valence-electron chi connectivity index (χ3n) is 3.97. The number of carbonyl (C=O) groups is 1. The molecule has 1 aromatic rings. The molecule has 0 saturated heterocycles. The van der Waals surface area contributed by atoms with Crippen molar-refractivity contribution in [3.05, 3.63) is 29.8 Å². The lowest BCUT2D eigenvalue weighted by atomic mass is 10.1. The Balaban J connectivity index is 1.91. The number of amides is 1. The summed E-state index contributed by atoms with van der Waals surface area (Å²) in [5.41, 5.74) is 1.01. The average molecular weight is 324 g/mol. The van der Waals surface area contributed by atoms with E-state index in [4.69, 9.17) is 0 Å². The van der Waals surface area contributed by atoms with Crippen LogP contribution in [-0.2, 0) is 21.2 Å².